The first-order valence-corrected chi connectivity index (χ1v) is 11.9. The molecule has 0 saturated carbocycles. The lowest BCUT2D eigenvalue weighted by atomic mass is 10.0. The van der Waals surface area contributed by atoms with Crippen molar-refractivity contribution in [1.29, 1.82) is 0 Å². The summed E-state index contributed by atoms with van der Waals surface area (Å²) in [5.41, 5.74) is 0.709. The van der Waals surface area contributed by atoms with Gasteiger partial charge in [-0.15, -0.1) is 0 Å². The summed E-state index contributed by atoms with van der Waals surface area (Å²) in [5, 5.41) is 13.7. The van der Waals surface area contributed by atoms with Gasteiger partial charge in [-0.2, -0.15) is 4.98 Å². The Balaban J connectivity index is 1.54. The number of rotatable bonds is 8. The number of ether oxygens (including phenoxy) is 1. The molecule has 0 fully saturated rings. The number of carboxylic acids is 1. The van der Waals surface area contributed by atoms with Crippen LogP contribution in [0.15, 0.2) is 77.8 Å². The van der Waals surface area contributed by atoms with Crippen LogP contribution in [0.1, 0.15) is 24.2 Å². The molecule has 1 aromatic heterocycles. The molecule has 0 saturated heterocycles. The summed E-state index contributed by atoms with van der Waals surface area (Å²) >= 11 is 0. The highest BCUT2D eigenvalue weighted by molar-refractivity contribution is 7.89. The molecule has 1 heterocycles. The second-order valence-corrected chi connectivity index (χ2v) is 9.46. The molecule has 3 N–H and O–H groups in total. The predicted molar refractivity (Wildman–Crippen MR) is 128 cm³/mol. The van der Waals surface area contributed by atoms with Gasteiger partial charge in [-0.25, -0.2) is 22.9 Å². The van der Waals surface area contributed by atoms with E-state index in [0.717, 1.165) is 5.39 Å². The SMILES string of the molecule is CC(C)NS(=O)(=O)c1cccc(Nc2nccc(Oc3ccc4c(C(=O)O)cccc4c3)n2)c1. The fourth-order valence-electron chi connectivity index (χ4n) is 3.34. The first-order valence-electron chi connectivity index (χ1n) is 10.4. The highest BCUT2D eigenvalue weighted by Crippen LogP contribution is 2.27. The Morgan fingerprint density at radius 3 is 2.59 bits per heavy atom. The van der Waals surface area contributed by atoms with Crippen LogP contribution in [0.2, 0.25) is 0 Å². The molecule has 0 bridgehead atoms. The van der Waals surface area contributed by atoms with Crippen molar-refractivity contribution in [2.24, 2.45) is 0 Å². The third-order valence-electron chi connectivity index (χ3n) is 4.73. The van der Waals surface area contributed by atoms with E-state index in [9.17, 15) is 18.3 Å². The zero-order valence-corrected chi connectivity index (χ0v) is 19.2. The molecule has 0 aliphatic rings. The normalized spacial score (nSPS) is 11.5. The molecule has 0 atom stereocenters. The largest absolute Gasteiger partial charge is 0.478 e. The molecule has 0 unspecified atom stereocenters. The van der Waals surface area contributed by atoms with E-state index in [1.54, 1.807) is 68.4 Å². The molecule has 0 radical (unpaired) electrons. The minimum absolute atomic E-state index is 0.121. The van der Waals surface area contributed by atoms with Crippen LogP contribution in [0.4, 0.5) is 11.6 Å². The molecule has 0 aliphatic heterocycles. The van der Waals surface area contributed by atoms with Gasteiger partial charge in [-0.1, -0.05) is 18.2 Å². The van der Waals surface area contributed by atoms with Crippen molar-refractivity contribution in [3.05, 3.63) is 78.5 Å². The molecule has 0 aliphatic carbocycles. The van der Waals surface area contributed by atoms with Crippen LogP contribution in [-0.2, 0) is 10.0 Å². The minimum atomic E-state index is -3.64. The molecule has 174 valence electrons. The number of carboxylic acid groups (broad SMARTS) is 1. The summed E-state index contributed by atoms with van der Waals surface area (Å²) < 4.78 is 33.3. The van der Waals surface area contributed by atoms with Crippen LogP contribution in [-0.4, -0.2) is 35.5 Å². The van der Waals surface area contributed by atoms with Crippen LogP contribution in [0.5, 0.6) is 11.6 Å². The van der Waals surface area contributed by atoms with E-state index >= 15 is 0 Å². The van der Waals surface area contributed by atoms with Crippen molar-refractivity contribution in [3.8, 4) is 11.6 Å². The molecule has 0 amide bonds. The average molecular weight is 479 g/mol. The van der Waals surface area contributed by atoms with Crippen LogP contribution < -0.4 is 14.8 Å². The Kier molecular flexibility index (Phi) is 6.44. The summed E-state index contributed by atoms with van der Waals surface area (Å²) in [5.74, 6) is -0.0375. The van der Waals surface area contributed by atoms with Gasteiger partial charge in [0.25, 0.3) is 0 Å². The summed E-state index contributed by atoms with van der Waals surface area (Å²) in [7, 11) is -3.64. The second kappa shape index (κ2) is 9.46. The molecule has 34 heavy (non-hydrogen) atoms. The van der Waals surface area contributed by atoms with Crippen molar-refractivity contribution >= 4 is 38.4 Å². The van der Waals surface area contributed by atoms with Crippen molar-refractivity contribution in [3.63, 3.8) is 0 Å². The smallest absolute Gasteiger partial charge is 0.336 e. The van der Waals surface area contributed by atoms with Crippen LogP contribution >= 0.6 is 0 Å². The summed E-state index contributed by atoms with van der Waals surface area (Å²) in [6, 6.07) is 17.8. The highest BCUT2D eigenvalue weighted by atomic mass is 32.2. The molecule has 9 nitrogen and oxygen atoms in total. The van der Waals surface area contributed by atoms with Gasteiger partial charge in [0.05, 0.1) is 10.5 Å². The highest BCUT2D eigenvalue weighted by Gasteiger charge is 2.16. The maximum absolute atomic E-state index is 12.4. The van der Waals surface area contributed by atoms with Gasteiger partial charge < -0.3 is 15.2 Å². The second-order valence-electron chi connectivity index (χ2n) is 7.74. The number of aromatic nitrogens is 2. The van der Waals surface area contributed by atoms with E-state index in [1.165, 1.54) is 18.3 Å². The fraction of sp³-hybridized carbons (Fsp3) is 0.125. The van der Waals surface area contributed by atoms with E-state index in [-0.39, 0.29) is 28.3 Å². The average Bonchev–Trinajstić information content (AvgIpc) is 2.78. The minimum Gasteiger partial charge on any atom is -0.478 e. The number of sulfonamides is 1. The number of aromatic carboxylic acids is 1. The Hall–Kier alpha value is -4.02. The lowest BCUT2D eigenvalue weighted by Crippen LogP contribution is -2.30. The first kappa shape index (κ1) is 23.1. The zero-order chi connectivity index (χ0) is 24.3. The van der Waals surface area contributed by atoms with Crippen LogP contribution in [0, 0.1) is 0 Å². The topological polar surface area (TPSA) is 131 Å². The molecule has 3 aromatic carbocycles. The summed E-state index contributed by atoms with van der Waals surface area (Å²) in [4.78, 5) is 20.0. The lowest BCUT2D eigenvalue weighted by molar-refractivity contribution is 0.0699. The van der Waals surface area contributed by atoms with Gasteiger partial charge in [-0.3, -0.25) is 0 Å². The third-order valence-corrected chi connectivity index (χ3v) is 6.38. The van der Waals surface area contributed by atoms with Gasteiger partial charge in [0.1, 0.15) is 5.75 Å². The van der Waals surface area contributed by atoms with Crippen LogP contribution in [0.3, 0.4) is 0 Å². The van der Waals surface area contributed by atoms with Crippen molar-refractivity contribution in [2.75, 3.05) is 5.32 Å². The van der Waals surface area contributed by atoms with Gasteiger partial charge >= 0.3 is 5.97 Å². The summed E-state index contributed by atoms with van der Waals surface area (Å²) in [6.45, 7) is 3.50. The van der Waals surface area contributed by atoms with E-state index in [4.69, 9.17) is 4.74 Å². The number of benzene rings is 3. The zero-order valence-electron chi connectivity index (χ0n) is 18.4. The van der Waals surface area contributed by atoms with Gasteiger partial charge in [0, 0.05) is 24.0 Å². The molecule has 4 rings (SSSR count). The number of hydrogen-bond donors (Lipinski definition) is 3. The number of fused-ring (bicyclic) bond motifs is 1. The van der Waals surface area contributed by atoms with Crippen molar-refractivity contribution in [2.45, 2.75) is 24.8 Å². The molecule has 10 heteroatoms. The maximum Gasteiger partial charge on any atom is 0.336 e. The molecule has 4 aromatic rings. The third kappa shape index (κ3) is 5.30. The van der Waals surface area contributed by atoms with Crippen molar-refractivity contribution < 1.29 is 23.1 Å². The maximum atomic E-state index is 12.4. The van der Waals surface area contributed by atoms with Crippen molar-refractivity contribution in [1.82, 2.24) is 14.7 Å². The predicted octanol–water partition coefficient (Wildman–Crippen LogP) is 4.55. The monoisotopic (exact) mass is 478 g/mol. The van der Waals surface area contributed by atoms with Gasteiger partial charge in [0.15, 0.2) is 0 Å². The number of nitrogens with zero attached hydrogens (tertiary/aromatic N) is 2. The standard InChI is InChI=1S/C24H22N4O5S/c1-15(2)28-34(31,32)19-7-4-6-17(14-19)26-24-25-12-11-22(27-24)33-18-9-10-20-16(13-18)5-3-8-21(20)23(29)30/h3-15,28H,1-2H3,(H,29,30)(H,25,26,27). The first-order chi connectivity index (χ1) is 16.2. The molecular formula is C24H22N4O5S. The number of carbonyl (C=O) groups is 1. The Bertz CT molecular complexity index is 1470. The molecule has 0 spiro atoms. The quantitative estimate of drug-likeness (QED) is 0.336. The number of nitrogens with one attached hydrogen (secondary N) is 2. The van der Waals surface area contributed by atoms with E-state index in [0.29, 0.717) is 16.8 Å². The van der Waals surface area contributed by atoms with E-state index in [1.807, 2.05) is 0 Å². The Morgan fingerprint density at radius 2 is 1.82 bits per heavy atom. The van der Waals surface area contributed by atoms with Gasteiger partial charge in [0.2, 0.25) is 21.9 Å². The number of hydrogen-bond acceptors (Lipinski definition) is 7. The number of anilines is 2. The van der Waals surface area contributed by atoms with E-state index < -0.39 is 16.0 Å². The lowest BCUT2D eigenvalue weighted by Gasteiger charge is -2.12. The van der Waals surface area contributed by atoms with Crippen LogP contribution in [0.25, 0.3) is 10.8 Å². The summed E-state index contributed by atoms with van der Waals surface area (Å²) in [6.07, 6.45) is 1.51. The Morgan fingerprint density at radius 1 is 1.03 bits per heavy atom. The van der Waals surface area contributed by atoms with E-state index in [2.05, 4.69) is 20.0 Å². The Labute approximate surface area is 196 Å². The van der Waals surface area contributed by atoms with Gasteiger partial charge in [-0.05, 0) is 67.1 Å². The molecular weight excluding hydrogens is 456 g/mol. The fourth-order valence-corrected chi connectivity index (χ4v) is 4.64.